The van der Waals surface area contributed by atoms with Crippen LogP contribution in [0, 0.1) is 0 Å². The molecule has 110 valence electrons. The Balaban J connectivity index is 2.21. The second-order valence-corrected chi connectivity index (χ2v) is 7.80. The summed E-state index contributed by atoms with van der Waals surface area (Å²) in [6, 6.07) is 18.2. The van der Waals surface area contributed by atoms with Crippen molar-refractivity contribution in [1.82, 2.24) is 0 Å². The van der Waals surface area contributed by atoms with Crippen LogP contribution in [-0.4, -0.2) is 24.5 Å². The van der Waals surface area contributed by atoms with Gasteiger partial charge in [-0.2, -0.15) is 0 Å². The van der Waals surface area contributed by atoms with E-state index in [4.69, 9.17) is 0 Å². The summed E-state index contributed by atoms with van der Waals surface area (Å²) in [6.07, 6.45) is 1.09. The second-order valence-electron chi connectivity index (χ2n) is 5.50. The van der Waals surface area contributed by atoms with Gasteiger partial charge in [0.1, 0.15) is 5.60 Å². The van der Waals surface area contributed by atoms with Gasteiger partial charge in [0.2, 0.25) is 0 Å². The normalized spacial score (nSPS) is 21.3. The van der Waals surface area contributed by atoms with Crippen LogP contribution >= 0.6 is 0 Å². The average Bonchev–Trinajstić information content (AvgIpc) is 2.88. The van der Waals surface area contributed by atoms with Crippen molar-refractivity contribution >= 4 is 9.84 Å². The van der Waals surface area contributed by atoms with Gasteiger partial charge in [0.15, 0.2) is 9.84 Å². The second kappa shape index (κ2) is 5.28. The molecule has 2 aromatic rings. The van der Waals surface area contributed by atoms with Gasteiger partial charge in [-0.3, -0.25) is 0 Å². The molecule has 4 heteroatoms. The standard InChI is InChI=1S/C17H18O3S/c18-17(14-8-3-1-4-9-14,15-10-5-2-6-11-15)16-12-7-13-21(16,19)20/h1-6,8-11,16,18H,7,12-13H2. The van der Waals surface area contributed by atoms with E-state index in [0.717, 1.165) is 0 Å². The zero-order valence-corrected chi connectivity index (χ0v) is 12.5. The van der Waals surface area contributed by atoms with E-state index >= 15 is 0 Å². The number of benzene rings is 2. The maximum atomic E-state index is 12.4. The first-order valence-corrected chi connectivity index (χ1v) is 8.82. The fraction of sp³-hybridized carbons (Fsp3) is 0.294. The molecule has 0 saturated carbocycles. The molecule has 0 aromatic heterocycles. The fourth-order valence-electron chi connectivity index (χ4n) is 3.18. The van der Waals surface area contributed by atoms with Gasteiger partial charge in [-0.05, 0) is 24.0 Å². The van der Waals surface area contributed by atoms with Crippen molar-refractivity contribution < 1.29 is 13.5 Å². The smallest absolute Gasteiger partial charge is 0.156 e. The van der Waals surface area contributed by atoms with Crippen LogP contribution in [0.1, 0.15) is 24.0 Å². The van der Waals surface area contributed by atoms with Crippen molar-refractivity contribution in [2.45, 2.75) is 23.7 Å². The largest absolute Gasteiger partial charge is 0.379 e. The fourth-order valence-corrected chi connectivity index (χ4v) is 5.35. The van der Waals surface area contributed by atoms with Crippen LogP contribution in [0.5, 0.6) is 0 Å². The molecule has 1 aliphatic rings. The highest BCUT2D eigenvalue weighted by atomic mass is 32.2. The Morgan fingerprint density at radius 3 is 1.76 bits per heavy atom. The summed E-state index contributed by atoms with van der Waals surface area (Å²) in [5.41, 5.74) is -0.226. The number of hydrogen-bond donors (Lipinski definition) is 1. The molecule has 1 N–H and O–H groups in total. The van der Waals surface area contributed by atoms with Gasteiger partial charge in [0, 0.05) is 0 Å². The maximum absolute atomic E-state index is 12.4. The molecular weight excluding hydrogens is 284 g/mol. The van der Waals surface area contributed by atoms with Crippen LogP contribution in [0.3, 0.4) is 0 Å². The third-order valence-electron chi connectivity index (χ3n) is 4.22. The Morgan fingerprint density at radius 2 is 1.38 bits per heavy atom. The van der Waals surface area contributed by atoms with E-state index in [0.29, 0.717) is 24.0 Å². The van der Waals surface area contributed by atoms with Gasteiger partial charge in [-0.15, -0.1) is 0 Å². The van der Waals surface area contributed by atoms with E-state index < -0.39 is 20.7 Å². The molecule has 21 heavy (non-hydrogen) atoms. The molecule has 1 aliphatic heterocycles. The Kier molecular flexibility index (Phi) is 3.59. The first-order valence-electron chi connectivity index (χ1n) is 7.10. The number of aliphatic hydroxyl groups is 1. The minimum absolute atomic E-state index is 0.152. The average molecular weight is 302 g/mol. The number of sulfone groups is 1. The predicted molar refractivity (Wildman–Crippen MR) is 82.7 cm³/mol. The van der Waals surface area contributed by atoms with Gasteiger partial charge in [-0.1, -0.05) is 60.7 Å². The molecule has 1 atom stereocenters. The highest BCUT2D eigenvalue weighted by molar-refractivity contribution is 7.92. The molecular formula is C17H18O3S. The molecule has 2 aromatic carbocycles. The first-order chi connectivity index (χ1) is 10.0. The zero-order chi connectivity index (χ0) is 14.9. The summed E-state index contributed by atoms with van der Waals surface area (Å²) in [5, 5.41) is 10.6. The minimum Gasteiger partial charge on any atom is -0.379 e. The highest BCUT2D eigenvalue weighted by Gasteiger charge is 2.49. The number of hydrogen-bond acceptors (Lipinski definition) is 3. The molecule has 0 radical (unpaired) electrons. The molecule has 1 unspecified atom stereocenters. The molecule has 0 spiro atoms. The van der Waals surface area contributed by atoms with E-state index in [1.54, 1.807) is 24.3 Å². The topological polar surface area (TPSA) is 54.4 Å². The Hall–Kier alpha value is -1.65. The summed E-state index contributed by atoms with van der Waals surface area (Å²) in [6.45, 7) is 0. The lowest BCUT2D eigenvalue weighted by molar-refractivity contribution is 0.0746. The van der Waals surface area contributed by atoms with E-state index in [9.17, 15) is 13.5 Å². The zero-order valence-electron chi connectivity index (χ0n) is 11.6. The molecule has 1 saturated heterocycles. The van der Waals surface area contributed by atoms with Crippen LogP contribution in [-0.2, 0) is 15.4 Å². The molecule has 3 rings (SSSR count). The van der Waals surface area contributed by atoms with Gasteiger partial charge in [-0.25, -0.2) is 8.42 Å². The van der Waals surface area contributed by atoms with Crippen LogP contribution in [0.15, 0.2) is 60.7 Å². The van der Waals surface area contributed by atoms with Gasteiger partial charge in [0.05, 0.1) is 11.0 Å². The minimum atomic E-state index is -3.29. The van der Waals surface area contributed by atoms with Crippen LogP contribution in [0.2, 0.25) is 0 Å². The van der Waals surface area contributed by atoms with Crippen LogP contribution in [0.4, 0.5) is 0 Å². The van der Waals surface area contributed by atoms with Crippen LogP contribution in [0.25, 0.3) is 0 Å². The SMILES string of the molecule is O=S1(=O)CCCC1C(O)(c1ccccc1)c1ccccc1. The van der Waals surface area contributed by atoms with E-state index in [-0.39, 0.29) is 5.75 Å². The summed E-state index contributed by atoms with van der Waals surface area (Å²) < 4.78 is 24.8. The van der Waals surface area contributed by atoms with Gasteiger partial charge >= 0.3 is 0 Å². The molecule has 0 bridgehead atoms. The third-order valence-corrected chi connectivity index (χ3v) is 6.52. The monoisotopic (exact) mass is 302 g/mol. The van der Waals surface area contributed by atoms with Crippen molar-refractivity contribution in [3.05, 3.63) is 71.8 Å². The molecule has 1 fully saturated rings. The number of rotatable bonds is 3. The molecule has 0 amide bonds. The lowest BCUT2D eigenvalue weighted by Crippen LogP contribution is -2.43. The molecule has 0 aliphatic carbocycles. The molecule has 3 nitrogen and oxygen atoms in total. The quantitative estimate of drug-likeness (QED) is 0.948. The summed E-state index contributed by atoms with van der Waals surface area (Å²) in [4.78, 5) is 0. The van der Waals surface area contributed by atoms with Gasteiger partial charge < -0.3 is 5.11 Å². The third kappa shape index (κ3) is 2.39. The Bertz CT molecular complexity index is 669. The predicted octanol–water partition coefficient (Wildman–Crippen LogP) is 2.50. The summed E-state index contributed by atoms with van der Waals surface area (Å²) in [5.74, 6) is 0.152. The van der Waals surface area contributed by atoms with E-state index in [2.05, 4.69) is 0 Å². The Morgan fingerprint density at radius 1 is 0.905 bits per heavy atom. The highest BCUT2D eigenvalue weighted by Crippen LogP contribution is 2.41. The van der Waals surface area contributed by atoms with E-state index in [1.807, 2.05) is 36.4 Å². The van der Waals surface area contributed by atoms with Crippen molar-refractivity contribution in [2.24, 2.45) is 0 Å². The van der Waals surface area contributed by atoms with Crippen molar-refractivity contribution in [1.29, 1.82) is 0 Å². The Labute approximate surface area is 125 Å². The summed E-state index contributed by atoms with van der Waals surface area (Å²) >= 11 is 0. The van der Waals surface area contributed by atoms with Crippen molar-refractivity contribution in [3.63, 3.8) is 0 Å². The van der Waals surface area contributed by atoms with E-state index in [1.165, 1.54) is 0 Å². The first kappa shape index (κ1) is 14.3. The molecule has 1 heterocycles. The summed E-state index contributed by atoms with van der Waals surface area (Å²) in [7, 11) is -3.29. The lowest BCUT2D eigenvalue weighted by atomic mass is 9.82. The van der Waals surface area contributed by atoms with Crippen molar-refractivity contribution in [3.8, 4) is 0 Å². The lowest BCUT2D eigenvalue weighted by Gasteiger charge is -2.34. The van der Waals surface area contributed by atoms with Crippen molar-refractivity contribution in [2.75, 3.05) is 5.75 Å². The maximum Gasteiger partial charge on any atom is 0.156 e. The van der Waals surface area contributed by atoms with Gasteiger partial charge in [0.25, 0.3) is 0 Å². The van der Waals surface area contributed by atoms with Crippen LogP contribution < -0.4 is 0 Å².